The van der Waals surface area contributed by atoms with Crippen LogP contribution in [0.1, 0.15) is 17.7 Å². The first-order valence-electron chi connectivity index (χ1n) is 5.41. The number of likely N-dealkylation sites (N-methyl/N-ethyl adjacent to an activating group) is 1. The third-order valence-electron chi connectivity index (χ3n) is 2.85. The summed E-state index contributed by atoms with van der Waals surface area (Å²) in [6.45, 7) is 1.54. The Hall–Kier alpha value is -0.580. The van der Waals surface area contributed by atoms with Crippen LogP contribution in [0.15, 0.2) is 12.1 Å². The highest BCUT2D eigenvalue weighted by Crippen LogP contribution is 2.24. The van der Waals surface area contributed by atoms with E-state index in [2.05, 4.69) is 5.32 Å². The summed E-state index contributed by atoms with van der Waals surface area (Å²) in [6, 6.07) is 3.86. The lowest BCUT2D eigenvalue weighted by atomic mass is 10.1. The van der Waals surface area contributed by atoms with Crippen LogP contribution >= 0.6 is 22.9 Å². The fourth-order valence-corrected chi connectivity index (χ4v) is 3.09. The summed E-state index contributed by atoms with van der Waals surface area (Å²) in [6.07, 6.45) is 2.01. The maximum atomic E-state index is 12.0. The third-order valence-corrected chi connectivity index (χ3v) is 4.07. The first kappa shape index (κ1) is 11.9. The van der Waals surface area contributed by atoms with Crippen LogP contribution in [0.5, 0.6) is 0 Å². The van der Waals surface area contributed by atoms with Crippen molar-refractivity contribution in [2.24, 2.45) is 0 Å². The van der Waals surface area contributed by atoms with E-state index in [1.54, 1.807) is 11.3 Å². The molecule has 0 bridgehead atoms. The van der Waals surface area contributed by atoms with Crippen LogP contribution in [0.2, 0.25) is 4.34 Å². The van der Waals surface area contributed by atoms with E-state index in [1.807, 2.05) is 24.1 Å². The summed E-state index contributed by atoms with van der Waals surface area (Å²) in [7, 11) is 1.84. The zero-order chi connectivity index (χ0) is 11.5. The standard InChI is InChI=1S/C11H15ClN2OS/c1-13-9-3-2-6-14(11(9)15)7-8-4-5-10(12)16-8/h4-5,9,13H,2-3,6-7H2,1H3. The summed E-state index contributed by atoms with van der Waals surface area (Å²) in [5.41, 5.74) is 0. The number of rotatable bonds is 3. The fraction of sp³-hybridized carbons (Fsp3) is 0.545. The Morgan fingerprint density at radius 1 is 1.62 bits per heavy atom. The number of halogens is 1. The highest BCUT2D eigenvalue weighted by Gasteiger charge is 2.27. The molecule has 2 heterocycles. The van der Waals surface area contributed by atoms with Crippen LogP contribution in [0, 0.1) is 0 Å². The molecule has 16 heavy (non-hydrogen) atoms. The Balaban J connectivity index is 2.01. The van der Waals surface area contributed by atoms with Crippen molar-refractivity contribution < 1.29 is 4.79 Å². The van der Waals surface area contributed by atoms with Crippen LogP contribution < -0.4 is 5.32 Å². The number of nitrogens with zero attached hydrogens (tertiary/aromatic N) is 1. The average Bonchev–Trinajstić information content (AvgIpc) is 2.67. The maximum Gasteiger partial charge on any atom is 0.240 e. The normalized spacial score (nSPS) is 21.5. The molecule has 0 saturated carbocycles. The lowest BCUT2D eigenvalue weighted by Gasteiger charge is -2.31. The van der Waals surface area contributed by atoms with Gasteiger partial charge in [0.15, 0.2) is 0 Å². The predicted octanol–water partition coefficient (Wildman–Crippen LogP) is 2.11. The van der Waals surface area contributed by atoms with E-state index >= 15 is 0 Å². The predicted molar refractivity (Wildman–Crippen MR) is 66.8 cm³/mol. The van der Waals surface area contributed by atoms with Gasteiger partial charge in [0.2, 0.25) is 5.91 Å². The zero-order valence-electron chi connectivity index (χ0n) is 9.20. The summed E-state index contributed by atoms with van der Waals surface area (Å²) in [5, 5.41) is 3.06. The Bertz CT molecular complexity index is 380. The second kappa shape index (κ2) is 5.17. The van der Waals surface area contributed by atoms with Gasteiger partial charge in [-0.2, -0.15) is 0 Å². The second-order valence-corrected chi connectivity index (χ2v) is 5.75. The summed E-state index contributed by atoms with van der Waals surface area (Å²) >= 11 is 7.42. The molecule has 1 aromatic rings. The Labute approximate surface area is 104 Å². The number of nitrogens with one attached hydrogen (secondary N) is 1. The largest absolute Gasteiger partial charge is 0.336 e. The molecule has 1 N–H and O–H groups in total. The molecule has 1 fully saturated rings. The van der Waals surface area contributed by atoms with E-state index < -0.39 is 0 Å². The molecule has 1 saturated heterocycles. The van der Waals surface area contributed by atoms with Gasteiger partial charge in [0, 0.05) is 11.4 Å². The summed E-state index contributed by atoms with van der Waals surface area (Å²) in [5.74, 6) is 0.207. The molecule has 88 valence electrons. The van der Waals surface area contributed by atoms with Crippen molar-refractivity contribution in [1.82, 2.24) is 10.2 Å². The quantitative estimate of drug-likeness (QED) is 0.901. The molecule has 0 aliphatic carbocycles. The first-order valence-corrected chi connectivity index (χ1v) is 6.60. The molecule has 2 rings (SSSR count). The molecular weight excluding hydrogens is 244 g/mol. The highest BCUT2D eigenvalue weighted by atomic mass is 35.5. The van der Waals surface area contributed by atoms with Crippen LogP contribution in [-0.2, 0) is 11.3 Å². The van der Waals surface area contributed by atoms with E-state index in [0.717, 1.165) is 28.6 Å². The van der Waals surface area contributed by atoms with Crippen LogP contribution in [-0.4, -0.2) is 30.4 Å². The first-order chi connectivity index (χ1) is 7.70. The van der Waals surface area contributed by atoms with Gasteiger partial charge in [-0.25, -0.2) is 0 Å². The SMILES string of the molecule is CNC1CCCN(Cc2ccc(Cl)s2)C1=O. The molecule has 1 amide bonds. The average molecular weight is 259 g/mol. The molecule has 5 heteroatoms. The van der Waals surface area contributed by atoms with Gasteiger partial charge in [-0.3, -0.25) is 4.79 Å². The molecule has 0 spiro atoms. The summed E-state index contributed by atoms with van der Waals surface area (Å²) in [4.78, 5) is 15.1. The molecule has 1 atom stereocenters. The Morgan fingerprint density at radius 3 is 3.06 bits per heavy atom. The van der Waals surface area contributed by atoms with Crippen molar-refractivity contribution in [2.75, 3.05) is 13.6 Å². The second-order valence-electron chi connectivity index (χ2n) is 3.95. The smallest absolute Gasteiger partial charge is 0.240 e. The third kappa shape index (κ3) is 2.56. The minimum atomic E-state index is -0.0100. The van der Waals surface area contributed by atoms with E-state index in [4.69, 9.17) is 11.6 Å². The van der Waals surface area contributed by atoms with Gasteiger partial charge in [0.25, 0.3) is 0 Å². The van der Waals surface area contributed by atoms with Crippen molar-refractivity contribution in [1.29, 1.82) is 0 Å². The van der Waals surface area contributed by atoms with E-state index in [0.29, 0.717) is 6.54 Å². The van der Waals surface area contributed by atoms with Gasteiger partial charge in [0.1, 0.15) is 0 Å². The van der Waals surface area contributed by atoms with Gasteiger partial charge >= 0.3 is 0 Å². The van der Waals surface area contributed by atoms with Crippen LogP contribution in [0.3, 0.4) is 0 Å². The van der Waals surface area contributed by atoms with Crippen molar-refractivity contribution in [2.45, 2.75) is 25.4 Å². The van der Waals surface area contributed by atoms with E-state index in [9.17, 15) is 4.79 Å². The number of hydrogen-bond acceptors (Lipinski definition) is 3. The molecule has 3 nitrogen and oxygen atoms in total. The number of likely N-dealkylation sites (tertiary alicyclic amines) is 1. The maximum absolute atomic E-state index is 12.0. The monoisotopic (exact) mass is 258 g/mol. The zero-order valence-corrected chi connectivity index (χ0v) is 10.8. The highest BCUT2D eigenvalue weighted by molar-refractivity contribution is 7.16. The molecule has 0 aromatic carbocycles. The lowest BCUT2D eigenvalue weighted by molar-refractivity contribution is -0.136. The molecule has 1 aliphatic heterocycles. The minimum Gasteiger partial charge on any atom is -0.336 e. The molecule has 0 radical (unpaired) electrons. The number of piperidine rings is 1. The molecular formula is C11H15ClN2OS. The van der Waals surface area contributed by atoms with Crippen LogP contribution in [0.4, 0.5) is 0 Å². The van der Waals surface area contributed by atoms with E-state index in [-0.39, 0.29) is 11.9 Å². The van der Waals surface area contributed by atoms with Crippen molar-refractivity contribution in [3.63, 3.8) is 0 Å². The molecule has 1 aliphatic rings. The van der Waals surface area contributed by atoms with Crippen LogP contribution in [0.25, 0.3) is 0 Å². The lowest BCUT2D eigenvalue weighted by Crippen LogP contribution is -2.49. The van der Waals surface area contributed by atoms with Crippen molar-refractivity contribution >= 4 is 28.8 Å². The Kier molecular flexibility index (Phi) is 3.84. The van der Waals surface area contributed by atoms with E-state index in [1.165, 1.54) is 0 Å². The molecule has 1 unspecified atom stereocenters. The Morgan fingerprint density at radius 2 is 2.44 bits per heavy atom. The number of thiophene rings is 1. The van der Waals surface area contributed by atoms with Crippen molar-refractivity contribution in [3.8, 4) is 0 Å². The van der Waals surface area contributed by atoms with Gasteiger partial charge in [-0.1, -0.05) is 11.6 Å². The molecule has 1 aromatic heterocycles. The number of carbonyl (C=O) groups is 1. The topological polar surface area (TPSA) is 32.3 Å². The van der Waals surface area contributed by atoms with Gasteiger partial charge in [0.05, 0.1) is 16.9 Å². The number of carbonyl (C=O) groups excluding carboxylic acids is 1. The van der Waals surface area contributed by atoms with Crippen molar-refractivity contribution in [3.05, 3.63) is 21.3 Å². The van der Waals surface area contributed by atoms with Gasteiger partial charge < -0.3 is 10.2 Å². The minimum absolute atomic E-state index is 0.0100. The summed E-state index contributed by atoms with van der Waals surface area (Å²) < 4.78 is 0.782. The number of hydrogen-bond donors (Lipinski definition) is 1. The van der Waals surface area contributed by atoms with Gasteiger partial charge in [-0.15, -0.1) is 11.3 Å². The fourth-order valence-electron chi connectivity index (χ4n) is 1.99. The number of amides is 1. The van der Waals surface area contributed by atoms with Gasteiger partial charge in [-0.05, 0) is 32.0 Å².